The summed E-state index contributed by atoms with van der Waals surface area (Å²) >= 11 is 5.39. The lowest BCUT2D eigenvalue weighted by Crippen LogP contribution is -2.28. The highest BCUT2D eigenvalue weighted by Gasteiger charge is 2.48. The Labute approximate surface area is 104 Å². The summed E-state index contributed by atoms with van der Waals surface area (Å²) in [5.74, 6) is -1.70. The van der Waals surface area contributed by atoms with Gasteiger partial charge in [-0.1, -0.05) is 11.6 Å². The van der Waals surface area contributed by atoms with Crippen molar-refractivity contribution in [3.05, 3.63) is 22.7 Å². The molecule has 0 bridgehead atoms. The molecule has 0 radical (unpaired) electrons. The number of phenols is 1. The van der Waals surface area contributed by atoms with Gasteiger partial charge in [0.25, 0.3) is 0 Å². The van der Waals surface area contributed by atoms with Crippen molar-refractivity contribution in [2.45, 2.75) is 5.51 Å². The van der Waals surface area contributed by atoms with Gasteiger partial charge in [-0.2, -0.15) is 21.6 Å². The average Bonchev–Trinajstić information content (AvgIpc) is 2.21. The summed E-state index contributed by atoms with van der Waals surface area (Å²) in [7, 11) is -5.93. The Morgan fingerprint density at radius 3 is 2.33 bits per heavy atom. The van der Waals surface area contributed by atoms with Gasteiger partial charge in [-0.05, 0) is 6.07 Å². The molecule has 0 heterocycles. The first kappa shape index (κ1) is 14.6. The molecular weight excluding hydrogens is 301 g/mol. The van der Waals surface area contributed by atoms with Gasteiger partial charge >= 0.3 is 15.6 Å². The largest absolute Gasteiger partial charge is 0.534 e. The van der Waals surface area contributed by atoms with Crippen molar-refractivity contribution < 1.29 is 35.7 Å². The molecule has 0 aliphatic heterocycles. The molecule has 18 heavy (non-hydrogen) atoms. The quantitative estimate of drug-likeness (QED) is 0.525. The number of phenolic OH excluding ortho intramolecular Hbond substituents is 1. The van der Waals surface area contributed by atoms with E-state index in [9.17, 15) is 26.4 Å². The molecule has 0 saturated heterocycles. The molecule has 0 amide bonds. The Morgan fingerprint density at radius 2 is 1.89 bits per heavy atom. The second-order valence-corrected chi connectivity index (χ2v) is 4.89. The van der Waals surface area contributed by atoms with Crippen LogP contribution in [0, 0.1) is 0 Å². The van der Waals surface area contributed by atoms with E-state index in [2.05, 4.69) is 4.18 Å². The fraction of sp³-hybridized carbons (Fsp3) is 0.125. The summed E-state index contributed by atoms with van der Waals surface area (Å²) < 4.78 is 61.3. The number of aromatic hydroxyl groups is 1. The van der Waals surface area contributed by atoms with Crippen LogP contribution in [0.2, 0.25) is 5.02 Å². The maximum Gasteiger partial charge on any atom is 0.534 e. The van der Waals surface area contributed by atoms with E-state index in [1.807, 2.05) is 0 Å². The van der Waals surface area contributed by atoms with E-state index in [4.69, 9.17) is 16.7 Å². The zero-order valence-electron chi connectivity index (χ0n) is 8.23. The molecule has 10 heteroatoms. The molecule has 1 N–H and O–H groups in total. The summed E-state index contributed by atoms with van der Waals surface area (Å²) in [5.41, 5.74) is -6.20. The number of hydrogen-bond acceptors (Lipinski definition) is 5. The number of aldehydes is 1. The van der Waals surface area contributed by atoms with Gasteiger partial charge in [-0.25, -0.2) is 0 Å². The summed E-state index contributed by atoms with van der Waals surface area (Å²) in [4.78, 5) is 10.5. The molecular formula is C8H4ClF3O5S. The minimum absolute atomic E-state index is 0.0343. The van der Waals surface area contributed by atoms with Crippen LogP contribution < -0.4 is 4.18 Å². The lowest BCUT2D eigenvalue weighted by atomic mass is 10.2. The van der Waals surface area contributed by atoms with E-state index in [1.54, 1.807) is 0 Å². The normalized spacial score (nSPS) is 12.2. The topological polar surface area (TPSA) is 80.7 Å². The van der Waals surface area contributed by atoms with Gasteiger partial charge in [0.2, 0.25) is 0 Å². The third-order valence-electron chi connectivity index (χ3n) is 1.69. The van der Waals surface area contributed by atoms with Gasteiger partial charge in [0, 0.05) is 6.07 Å². The number of halogens is 4. The molecule has 1 rings (SSSR count). The highest BCUT2D eigenvalue weighted by atomic mass is 35.5. The predicted octanol–water partition coefficient (Wildman–Crippen LogP) is 2.09. The molecule has 0 aliphatic rings. The predicted molar refractivity (Wildman–Crippen MR) is 54.1 cm³/mol. The molecule has 1 aromatic carbocycles. The first-order valence-electron chi connectivity index (χ1n) is 4.07. The van der Waals surface area contributed by atoms with Crippen LogP contribution in [0.3, 0.4) is 0 Å². The van der Waals surface area contributed by atoms with Crippen LogP contribution in [-0.4, -0.2) is 25.3 Å². The Kier molecular flexibility index (Phi) is 3.77. The number of benzene rings is 1. The molecule has 0 aromatic heterocycles. The van der Waals surface area contributed by atoms with Crippen molar-refractivity contribution in [3.8, 4) is 11.5 Å². The Bertz CT molecular complexity index is 581. The number of carbonyl (C=O) groups excluding carboxylic acids is 1. The Morgan fingerprint density at radius 1 is 1.33 bits per heavy atom. The summed E-state index contributed by atoms with van der Waals surface area (Å²) in [5, 5.41) is 8.78. The van der Waals surface area contributed by atoms with Crippen molar-refractivity contribution in [2.24, 2.45) is 0 Å². The molecule has 0 unspecified atom stereocenters. The average molecular weight is 305 g/mol. The lowest BCUT2D eigenvalue weighted by molar-refractivity contribution is -0.0500. The summed E-state index contributed by atoms with van der Waals surface area (Å²) in [6.45, 7) is 0. The standard InChI is InChI=1S/C8H4ClF3O5S/c9-5-1-4(3-13)7(2-6(5)14)17-18(15,16)8(10,11)12/h1-3,14H. The van der Waals surface area contributed by atoms with E-state index in [1.165, 1.54) is 0 Å². The van der Waals surface area contributed by atoms with Crippen molar-refractivity contribution >= 4 is 28.0 Å². The second kappa shape index (κ2) is 4.65. The first-order chi connectivity index (χ1) is 8.08. The van der Waals surface area contributed by atoms with Crippen molar-refractivity contribution in [1.82, 2.24) is 0 Å². The third-order valence-corrected chi connectivity index (χ3v) is 2.96. The zero-order chi connectivity index (χ0) is 14.1. The van der Waals surface area contributed by atoms with Gasteiger partial charge in [0.05, 0.1) is 10.6 Å². The lowest BCUT2D eigenvalue weighted by Gasteiger charge is -2.11. The molecule has 100 valence electrons. The fourth-order valence-electron chi connectivity index (χ4n) is 0.888. The third kappa shape index (κ3) is 2.85. The number of alkyl halides is 3. The molecule has 0 atom stereocenters. The Balaban J connectivity index is 3.28. The maximum absolute atomic E-state index is 12.0. The number of carbonyl (C=O) groups is 1. The summed E-state index contributed by atoms with van der Waals surface area (Å²) in [6.07, 6.45) is 0.0343. The van der Waals surface area contributed by atoms with Gasteiger partial charge in [0.1, 0.15) is 5.75 Å². The van der Waals surface area contributed by atoms with E-state index in [0.29, 0.717) is 6.07 Å². The molecule has 0 saturated carbocycles. The molecule has 5 nitrogen and oxygen atoms in total. The monoisotopic (exact) mass is 304 g/mol. The van der Waals surface area contributed by atoms with Crippen LogP contribution in [0.15, 0.2) is 12.1 Å². The molecule has 0 spiro atoms. The van der Waals surface area contributed by atoms with Crippen LogP contribution >= 0.6 is 11.6 Å². The Hall–Kier alpha value is -1.48. The van der Waals surface area contributed by atoms with E-state index >= 15 is 0 Å². The van der Waals surface area contributed by atoms with Gasteiger partial charge < -0.3 is 9.29 Å². The van der Waals surface area contributed by atoms with Crippen molar-refractivity contribution in [2.75, 3.05) is 0 Å². The van der Waals surface area contributed by atoms with E-state index in [-0.39, 0.29) is 11.3 Å². The highest BCUT2D eigenvalue weighted by molar-refractivity contribution is 7.88. The number of rotatable bonds is 3. The van der Waals surface area contributed by atoms with Crippen LogP contribution in [0.1, 0.15) is 10.4 Å². The minimum atomic E-state index is -5.93. The van der Waals surface area contributed by atoms with Crippen LogP contribution in [0.5, 0.6) is 11.5 Å². The molecule has 0 fully saturated rings. The molecule has 1 aromatic rings. The summed E-state index contributed by atoms with van der Waals surface area (Å²) in [6, 6.07) is 1.26. The van der Waals surface area contributed by atoms with E-state index in [0.717, 1.165) is 6.07 Å². The fourth-order valence-corrected chi connectivity index (χ4v) is 1.54. The zero-order valence-corrected chi connectivity index (χ0v) is 9.80. The van der Waals surface area contributed by atoms with Crippen LogP contribution in [0.25, 0.3) is 0 Å². The first-order valence-corrected chi connectivity index (χ1v) is 5.85. The van der Waals surface area contributed by atoms with Crippen molar-refractivity contribution in [3.63, 3.8) is 0 Å². The highest BCUT2D eigenvalue weighted by Crippen LogP contribution is 2.34. The van der Waals surface area contributed by atoms with Gasteiger partial charge in [0.15, 0.2) is 12.0 Å². The van der Waals surface area contributed by atoms with Gasteiger partial charge in [-0.15, -0.1) is 0 Å². The second-order valence-electron chi connectivity index (χ2n) is 2.94. The van der Waals surface area contributed by atoms with Crippen molar-refractivity contribution in [1.29, 1.82) is 0 Å². The van der Waals surface area contributed by atoms with E-state index < -0.39 is 32.7 Å². The number of hydrogen-bond donors (Lipinski definition) is 1. The van der Waals surface area contributed by atoms with Gasteiger partial charge in [-0.3, -0.25) is 4.79 Å². The molecule has 0 aliphatic carbocycles. The SMILES string of the molecule is O=Cc1cc(Cl)c(O)cc1OS(=O)(=O)C(F)(F)F. The van der Waals surface area contributed by atoms with Crippen LogP contribution in [0.4, 0.5) is 13.2 Å². The van der Waals surface area contributed by atoms with Crippen LogP contribution in [-0.2, 0) is 10.1 Å². The smallest absolute Gasteiger partial charge is 0.506 e. The maximum atomic E-state index is 12.0. The minimum Gasteiger partial charge on any atom is -0.506 e.